The van der Waals surface area contributed by atoms with Crippen LogP contribution in [0.4, 0.5) is 0 Å². The quantitative estimate of drug-likeness (QED) is 0.750. The smallest absolute Gasteiger partial charge is 0.119 e. The monoisotopic (exact) mass is 255 g/mol. The van der Waals surface area contributed by atoms with E-state index in [0.29, 0.717) is 5.92 Å². The highest BCUT2D eigenvalue weighted by molar-refractivity contribution is 6.30. The second-order valence-corrected chi connectivity index (χ2v) is 4.99. The van der Waals surface area contributed by atoms with Gasteiger partial charge in [-0.05, 0) is 43.1 Å². The molecule has 1 atom stereocenters. The zero-order chi connectivity index (χ0) is 12.7. The molecule has 96 valence electrons. The third-order valence-electron chi connectivity index (χ3n) is 2.62. The van der Waals surface area contributed by atoms with Crippen molar-refractivity contribution in [3.05, 3.63) is 29.3 Å². The van der Waals surface area contributed by atoms with Gasteiger partial charge in [-0.25, -0.2) is 0 Å². The third kappa shape index (κ3) is 5.42. The van der Waals surface area contributed by atoms with Crippen molar-refractivity contribution in [1.82, 2.24) is 5.32 Å². The van der Waals surface area contributed by atoms with Gasteiger partial charge in [-0.3, -0.25) is 0 Å². The second kappa shape index (κ2) is 7.57. The average molecular weight is 256 g/mol. The molecule has 3 heteroatoms. The van der Waals surface area contributed by atoms with Crippen LogP contribution in [-0.2, 0) is 0 Å². The fraction of sp³-hybridized carbons (Fsp3) is 0.571. The van der Waals surface area contributed by atoms with Crippen molar-refractivity contribution < 1.29 is 4.74 Å². The van der Waals surface area contributed by atoms with Crippen LogP contribution in [0.1, 0.15) is 27.2 Å². The lowest BCUT2D eigenvalue weighted by Gasteiger charge is -2.23. The number of rotatable bonds is 7. The molecule has 0 bridgehead atoms. The van der Waals surface area contributed by atoms with E-state index in [1.54, 1.807) is 0 Å². The van der Waals surface area contributed by atoms with Crippen LogP contribution >= 0.6 is 11.6 Å². The molecule has 0 heterocycles. The van der Waals surface area contributed by atoms with Gasteiger partial charge in [-0.15, -0.1) is 0 Å². The molecule has 0 aromatic heterocycles. The summed E-state index contributed by atoms with van der Waals surface area (Å²) in [5, 5.41) is 4.14. The van der Waals surface area contributed by atoms with Crippen LogP contribution in [0.3, 0.4) is 0 Å². The Bertz CT molecular complexity index is 311. The van der Waals surface area contributed by atoms with Crippen molar-refractivity contribution in [2.24, 2.45) is 5.92 Å². The molecule has 1 aromatic rings. The number of hydrogen-bond acceptors (Lipinski definition) is 2. The minimum absolute atomic E-state index is 0.197. The molecule has 0 saturated heterocycles. The summed E-state index contributed by atoms with van der Waals surface area (Å²) in [4.78, 5) is 0. The SMILES string of the molecule is CCCNCC(Oc1ccc(Cl)cc1)C(C)C. The number of hydrogen-bond donors (Lipinski definition) is 1. The van der Waals surface area contributed by atoms with Crippen LogP contribution in [0.5, 0.6) is 5.75 Å². The van der Waals surface area contributed by atoms with Gasteiger partial charge < -0.3 is 10.1 Å². The van der Waals surface area contributed by atoms with E-state index in [-0.39, 0.29) is 6.10 Å². The largest absolute Gasteiger partial charge is 0.489 e. The Kier molecular flexibility index (Phi) is 6.38. The zero-order valence-electron chi connectivity index (χ0n) is 10.9. The van der Waals surface area contributed by atoms with Crippen molar-refractivity contribution in [2.45, 2.75) is 33.3 Å². The highest BCUT2D eigenvalue weighted by Crippen LogP contribution is 2.18. The fourth-order valence-corrected chi connectivity index (χ4v) is 1.65. The fourth-order valence-electron chi connectivity index (χ4n) is 1.52. The van der Waals surface area contributed by atoms with E-state index in [0.717, 1.165) is 30.3 Å². The van der Waals surface area contributed by atoms with Gasteiger partial charge in [-0.1, -0.05) is 32.4 Å². The van der Waals surface area contributed by atoms with E-state index >= 15 is 0 Å². The highest BCUT2D eigenvalue weighted by Gasteiger charge is 2.14. The Balaban J connectivity index is 2.51. The molecule has 17 heavy (non-hydrogen) atoms. The minimum Gasteiger partial charge on any atom is -0.489 e. The molecule has 1 N–H and O–H groups in total. The summed E-state index contributed by atoms with van der Waals surface area (Å²) in [7, 11) is 0. The van der Waals surface area contributed by atoms with Gasteiger partial charge in [0.25, 0.3) is 0 Å². The van der Waals surface area contributed by atoms with Crippen LogP contribution in [-0.4, -0.2) is 19.2 Å². The molecular formula is C14H22ClNO. The van der Waals surface area contributed by atoms with E-state index in [9.17, 15) is 0 Å². The summed E-state index contributed by atoms with van der Waals surface area (Å²) >= 11 is 5.85. The van der Waals surface area contributed by atoms with Crippen molar-refractivity contribution in [3.63, 3.8) is 0 Å². The zero-order valence-corrected chi connectivity index (χ0v) is 11.6. The third-order valence-corrected chi connectivity index (χ3v) is 2.87. The summed E-state index contributed by atoms with van der Waals surface area (Å²) in [6.07, 6.45) is 1.34. The van der Waals surface area contributed by atoms with Crippen LogP contribution in [0.2, 0.25) is 5.02 Å². The molecule has 1 unspecified atom stereocenters. The van der Waals surface area contributed by atoms with E-state index in [1.807, 2.05) is 24.3 Å². The Labute approximate surface area is 109 Å². The molecule has 0 fully saturated rings. The Hall–Kier alpha value is -0.730. The molecular weight excluding hydrogens is 234 g/mol. The maximum atomic E-state index is 5.96. The summed E-state index contributed by atoms with van der Waals surface area (Å²) in [6.45, 7) is 8.43. The van der Waals surface area contributed by atoms with Gasteiger partial charge in [0.15, 0.2) is 0 Å². The summed E-state index contributed by atoms with van der Waals surface area (Å²) in [5.41, 5.74) is 0. The molecule has 0 aliphatic rings. The van der Waals surface area contributed by atoms with Crippen LogP contribution in [0.25, 0.3) is 0 Å². The number of benzene rings is 1. The molecule has 0 amide bonds. The number of halogens is 1. The molecule has 1 rings (SSSR count). The van der Waals surface area contributed by atoms with E-state index in [1.165, 1.54) is 0 Å². The first-order valence-electron chi connectivity index (χ1n) is 6.26. The van der Waals surface area contributed by atoms with Gasteiger partial charge in [-0.2, -0.15) is 0 Å². The maximum absolute atomic E-state index is 5.96. The number of ether oxygens (including phenoxy) is 1. The van der Waals surface area contributed by atoms with Crippen molar-refractivity contribution in [2.75, 3.05) is 13.1 Å². The maximum Gasteiger partial charge on any atom is 0.119 e. The molecule has 0 aliphatic carbocycles. The predicted octanol–water partition coefficient (Wildman–Crippen LogP) is 3.74. The molecule has 2 nitrogen and oxygen atoms in total. The number of nitrogens with one attached hydrogen (secondary N) is 1. The Morgan fingerprint density at radius 1 is 1.24 bits per heavy atom. The first-order valence-corrected chi connectivity index (χ1v) is 6.64. The lowest BCUT2D eigenvalue weighted by atomic mass is 10.1. The topological polar surface area (TPSA) is 21.3 Å². The first-order chi connectivity index (χ1) is 8.13. The van der Waals surface area contributed by atoms with Gasteiger partial charge >= 0.3 is 0 Å². The minimum atomic E-state index is 0.197. The summed E-state index contributed by atoms with van der Waals surface area (Å²) < 4.78 is 5.96. The van der Waals surface area contributed by atoms with Crippen LogP contribution in [0, 0.1) is 5.92 Å². The van der Waals surface area contributed by atoms with Crippen molar-refractivity contribution >= 4 is 11.6 Å². The lowest BCUT2D eigenvalue weighted by molar-refractivity contribution is 0.149. The molecule has 0 saturated carbocycles. The average Bonchev–Trinajstić information content (AvgIpc) is 2.30. The van der Waals surface area contributed by atoms with Crippen molar-refractivity contribution in [1.29, 1.82) is 0 Å². The second-order valence-electron chi connectivity index (χ2n) is 4.56. The molecule has 0 radical (unpaired) electrons. The highest BCUT2D eigenvalue weighted by atomic mass is 35.5. The van der Waals surface area contributed by atoms with Gasteiger partial charge in [0.05, 0.1) is 0 Å². The predicted molar refractivity (Wildman–Crippen MR) is 73.9 cm³/mol. The lowest BCUT2D eigenvalue weighted by Crippen LogP contribution is -2.35. The first kappa shape index (κ1) is 14.3. The summed E-state index contributed by atoms with van der Waals surface area (Å²) in [6, 6.07) is 7.54. The van der Waals surface area contributed by atoms with Gasteiger partial charge in [0.2, 0.25) is 0 Å². The van der Waals surface area contributed by atoms with Gasteiger partial charge in [0, 0.05) is 11.6 Å². The Morgan fingerprint density at radius 3 is 2.41 bits per heavy atom. The van der Waals surface area contributed by atoms with Crippen molar-refractivity contribution in [3.8, 4) is 5.75 Å². The molecule has 0 aliphatic heterocycles. The molecule has 0 spiro atoms. The normalized spacial score (nSPS) is 12.8. The van der Waals surface area contributed by atoms with E-state index < -0.39 is 0 Å². The van der Waals surface area contributed by atoms with E-state index in [4.69, 9.17) is 16.3 Å². The van der Waals surface area contributed by atoms with Crippen LogP contribution in [0.15, 0.2) is 24.3 Å². The summed E-state index contributed by atoms with van der Waals surface area (Å²) in [5.74, 6) is 1.36. The van der Waals surface area contributed by atoms with Gasteiger partial charge in [0.1, 0.15) is 11.9 Å². The van der Waals surface area contributed by atoms with Crippen LogP contribution < -0.4 is 10.1 Å². The molecule has 1 aromatic carbocycles. The van der Waals surface area contributed by atoms with E-state index in [2.05, 4.69) is 26.1 Å². The Morgan fingerprint density at radius 2 is 1.88 bits per heavy atom. The standard InChI is InChI=1S/C14H22ClNO/c1-4-9-16-10-14(11(2)3)17-13-7-5-12(15)6-8-13/h5-8,11,14,16H,4,9-10H2,1-3H3.